The first-order valence-electron chi connectivity index (χ1n) is 7.72. The molecule has 0 aliphatic carbocycles. The van der Waals surface area contributed by atoms with Gasteiger partial charge in [-0.1, -0.05) is 18.2 Å². The van der Waals surface area contributed by atoms with Gasteiger partial charge >= 0.3 is 5.97 Å². The molecular formula is C17H22N2O3. The lowest BCUT2D eigenvalue weighted by Crippen LogP contribution is -2.47. The number of likely N-dealkylation sites (tertiary alicyclic amines) is 1. The van der Waals surface area contributed by atoms with Crippen LogP contribution in [0.3, 0.4) is 0 Å². The number of piperidine rings is 1. The van der Waals surface area contributed by atoms with Crippen LogP contribution in [-0.4, -0.2) is 53.8 Å². The van der Waals surface area contributed by atoms with E-state index in [2.05, 4.69) is 28.2 Å². The number of hydrogen-bond acceptors (Lipinski definition) is 4. The molecule has 0 amide bonds. The third-order valence-electron chi connectivity index (χ3n) is 4.54. The number of aromatic amines is 1. The van der Waals surface area contributed by atoms with Crippen LogP contribution in [0.2, 0.25) is 0 Å². The molecule has 5 nitrogen and oxygen atoms in total. The number of fused-ring (bicyclic) bond motifs is 1. The molecule has 5 heteroatoms. The number of carbonyl (C=O) groups is 1. The lowest BCUT2D eigenvalue weighted by molar-refractivity contribution is -0.152. The molecule has 2 atom stereocenters. The van der Waals surface area contributed by atoms with E-state index in [0.29, 0.717) is 13.0 Å². The maximum absolute atomic E-state index is 11.7. The van der Waals surface area contributed by atoms with E-state index in [0.717, 1.165) is 25.0 Å². The molecule has 0 spiro atoms. The topological polar surface area (TPSA) is 65.6 Å². The highest BCUT2D eigenvalue weighted by molar-refractivity contribution is 5.83. The van der Waals surface area contributed by atoms with Crippen LogP contribution in [0.15, 0.2) is 30.5 Å². The van der Waals surface area contributed by atoms with Gasteiger partial charge in [0.05, 0.1) is 19.1 Å². The van der Waals surface area contributed by atoms with Crippen molar-refractivity contribution in [2.75, 3.05) is 26.7 Å². The SMILES string of the molecule is COC(=O)[C@@H]1CN(CCc2c[nH]c3ccccc23)CC[C@H]1O. The molecule has 1 aromatic carbocycles. The highest BCUT2D eigenvalue weighted by atomic mass is 16.5. The molecule has 0 saturated carbocycles. The summed E-state index contributed by atoms with van der Waals surface area (Å²) in [5, 5.41) is 11.2. The van der Waals surface area contributed by atoms with Gasteiger partial charge in [-0.15, -0.1) is 0 Å². The molecule has 118 valence electrons. The van der Waals surface area contributed by atoms with E-state index in [-0.39, 0.29) is 5.97 Å². The van der Waals surface area contributed by atoms with Crippen molar-refractivity contribution in [1.82, 2.24) is 9.88 Å². The van der Waals surface area contributed by atoms with Crippen molar-refractivity contribution in [3.8, 4) is 0 Å². The van der Waals surface area contributed by atoms with E-state index >= 15 is 0 Å². The number of hydrogen-bond donors (Lipinski definition) is 2. The largest absolute Gasteiger partial charge is 0.469 e. The minimum atomic E-state index is -0.586. The molecule has 2 aromatic rings. The van der Waals surface area contributed by atoms with Crippen molar-refractivity contribution >= 4 is 16.9 Å². The zero-order valence-corrected chi connectivity index (χ0v) is 12.8. The fraction of sp³-hybridized carbons (Fsp3) is 0.471. The molecule has 0 unspecified atom stereocenters. The molecule has 1 aliphatic rings. The second-order valence-electron chi connectivity index (χ2n) is 5.90. The lowest BCUT2D eigenvalue weighted by atomic mass is 9.94. The Bertz CT molecular complexity index is 652. The predicted octanol–water partition coefficient (Wildman–Crippen LogP) is 1.57. The van der Waals surface area contributed by atoms with Crippen molar-refractivity contribution in [1.29, 1.82) is 0 Å². The molecule has 1 saturated heterocycles. The van der Waals surface area contributed by atoms with Gasteiger partial charge in [0.1, 0.15) is 0 Å². The third-order valence-corrected chi connectivity index (χ3v) is 4.54. The van der Waals surface area contributed by atoms with Gasteiger partial charge in [0.25, 0.3) is 0 Å². The molecule has 1 fully saturated rings. The Hall–Kier alpha value is -1.85. The standard InChI is InChI=1S/C17H22N2O3/c1-22-17(21)14-11-19(9-7-16(14)20)8-6-12-10-18-15-5-3-2-4-13(12)15/h2-5,10,14,16,18,20H,6-9,11H2,1H3/t14-,16-/m1/s1. The highest BCUT2D eigenvalue weighted by Gasteiger charge is 2.33. The predicted molar refractivity (Wildman–Crippen MR) is 84.6 cm³/mol. The number of methoxy groups -OCH3 is 1. The first-order chi connectivity index (χ1) is 10.7. The van der Waals surface area contributed by atoms with Crippen LogP contribution < -0.4 is 0 Å². The molecule has 1 aromatic heterocycles. The molecule has 0 bridgehead atoms. The second kappa shape index (κ2) is 6.50. The monoisotopic (exact) mass is 302 g/mol. The van der Waals surface area contributed by atoms with Gasteiger partial charge in [-0.25, -0.2) is 0 Å². The van der Waals surface area contributed by atoms with Gasteiger partial charge in [-0.05, 0) is 24.5 Å². The first-order valence-corrected chi connectivity index (χ1v) is 7.72. The minimum Gasteiger partial charge on any atom is -0.469 e. The van der Waals surface area contributed by atoms with Gasteiger partial charge in [-0.3, -0.25) is 4.79 Å². The van der Waals surface area contributed by atoms with Gasteiger partial charge in [0.2, 0.25) is 0 Å². The van der Waals surface area contributed by atoms with Crippen LogP contribution in [0.4, 0.5) is 0 Å². The van der Waals surface area contributed by atoms with Gasteiger partial charge in [0.15, 0.2) is 0 Å². The first kappa shape index (κ1) is 15.1. The van der Waals surface area contributed by atoms with Crippen molar-refractivity contribution in [3.05, 3.63) is 36.0 Å². The Morgan fingerprint density at radius 1 is 1.45 bits per heavy atom. The summed E-state index contributed by atoms with van der Waals surface area (Å²) in [7, 11) is 1.37. The summed E-state index contributed by atoms with van der Waals surface area (Å²) in [5.74, 6) is -0.744. The van der Waals surface area contributed by atoms with Crippen LogP contribution in [-0.2, 0) is 16.0 Å². The van der Waals surface area contributed by atoms with Crippen LogP contribution in [0.5, 0.6) is 0 Å². The van der Waals surface area contributed by atoms with E-state index in [1.807, 2.05) is 12.1 Å². The molecule has 22 heavy (non-hydrogen) atoms. The summed E-state index contributed by atoms with van der Waals surface area (Å²) >= 11 is 0. The van der Waals surface area contributed by atoms with Crippen LogP contribution >= 0.6 is 0 Å². The molecule has 2 heterocycles. The van der Waals surface area contributed by atoms with Gasteiger partial charge < -0.3 is 19.7 Å². The number of carbonyl (C=O) groups excluding carboxylic acids is 1. The fourth-order valence-electron chi connectivity index (χ4n) is 3.21. The van der Waals surface area contributed by atoms with E-state index in [1.54, 1.807) is 0 Å². The van der Waals surface area contributed by atoms with Crippen LogP contribution in [0, 0.1) is 5.92 Å². The maximum Gasteiger partial charge on any atom is 0.312 e. The second-order valence-corrected chi connectivity index (χ2v) is 5.90. The maximum atomic E-state index is 11.7. The molecular weight excluding hydrogens is 280 g/mol. The van der Waals surface area contributed by atoms with Crippen molar-refractivity contribution in [2.24, 2.45) is 5.92 Å². The van der Waals surface area contributed by atoms with Crippen molar-refractivity contribution < 1.29 is 14.6 Å². The van der Waals surface area contributed by atoms with Crippen LogP contribution in [0.25, 0.3) is 10.9 Å². The Kier molecular flexibility index (Phi) is 4.45. The summed E-state index contributed by atoms with van der Waals surface area (Å²) in [4.78, 5) is 17.2. The van der Waals surface area contributed by atoms with Crippen molar-refractivity contribution in [2.45, 2.75) is 18.9 Å². The number of aromatic nitrogens is 1. The molecule has 3 rings (SSSR count). The quantitative estimate of drug-likeness (QED) is 0.841. The number of esters is 1. The smallest absolute Gasteiger partial charge is 0.312 e. The van der Waals surface area contributed by atoms with E-state index in [4.69, 9.17) is 4.74 Å². The zero-order valence-electron chi connectivity index (χ0n) is 12.8. The number of aliphatic hydroxyl groups is 1. The zero-order chi connectivity index (χ0) is 15.5. The normalized spacial score (nSPS) is 22.8. The van der Waals surface area contributed by atoms with E-state index in [9.17, 15) is 9.90 Å². The Morgan fingerprint density at radius 3 is 3.09 bits per heavy atom. The highest BCUT2D eigenvalue weighted by Crippen LogP contribution is 2.21. The van der Waals surface area contributed by atoms with E-state index < -0.39 is 12.0 Å². The number of nitrogens with zero attached hydrogens (tertiary/aromatic N) is 1. The molecule has 1 aliphatic heterocycles. The molecule has 2 N–H and O–H groups in total. The summed E-state index contributed by atoms with van der Waals surface area (Å²) in [6.07, 6.45) is 3.01. The number of aliphatic hydroxyl groups excluding tert-OH is 1. The summed E-state index contributed by atoms with van der Waals surface area (Å²) < 4.78 is 4.79. The Labute approximate surface area is 129 Å². The number of rotatable bonds is 4. The van der Waals surface area contributed by atoms with Gasteiger partial charge in [-0.2, -0.15) is 0 Å². The van der Waals surface area contributed by atoms with E-state index in [1.165, 1.54) is 18.1 Å². The average molecular weight is 302 g/mol. The number of benzene rings is 1. The Morgan fingerprint density at radius 2 is 2.27 bits per heavy atom. The summed E-state index contributed by atoms with van der Waals surface area (Å²) in [6, 6.07) is 8.27. The fourth-order valence-corrected chi connectivity index (χ4v) is 3.21. The number of H-pyrrole nitrogens is 1. The summed E-state index contributed by atoms with van der Waals surface area (Å²) in [6.45, 7) is 2.26. The number of ether oxygens (including phenoxy) is 1. The average Bonchev–Trinajstić information content (AvgIpc) is 2.96. The number of nitrogens with one attached hydrogen (secondary N) is 1. The van der Waals surface area contributed by atoms with Crippen molar-refractivity contribution in [3.63, 3.8) is 0 Å². The molecule has 0 radical (unpaired) electrons. The number of para-hydroxylation sites is 1. The summed E-state index contributed by atoms with van der Waals surface area (Å²) in [5.41, 5.74) is 2.44. The minimum absolute atomic E-state index is 0.315. The van der Waals surface area contributed by atoms with Crippen LogP contribution in [0.1, 0.15) is 12.0 Å². The van der Waals surface area contributed by atoms with Gasteiger partial charge in [0, 0.05) is 36.7 Å². The Balaban J connectivity index is 1.63. The lowest BCUT2D eigenvalue weighted by Gasteiger charge is -2.34. The third kappa shape index (κ3) is 3.00.